The Morgan fingerprint density at radius 1 is 1.19 bits per heavy atom. The first kappa shape index (κ1) is 18.8. The quantitative estimate of drug-likeness (QED) is 0.493. The highest BCUT2D eigenvalue weighted by atomic mass is 32.1. The van der Waals surface area contributed by atoms with Gasteiger partial charge in [-0.1, -0.05) is 6.07 Å². The molecule has 0 saturated heterocycles. The number of nitrogens with one attached hydrogen (secondary N) is 2. The van der Waals surface area contributed by atoms with Gasteiger partial charge in [0.1, 0.15) is 5.75 Å². The summed E-state index contributed by atoms with van der Waals surface area (Å²) in [5.41, 5.74) is 0.793. The Hall–Kier alpha value is -2.93. The van der Waals surface area contributed by atoms with E-state index in [4.69, 9.17) is 4.74 Å². The van der Waals surface area contributed by atoms with Gasteiger partial charge in [-0.2, -0.15) is 0 Å². The zero-order valence-corrected chi connectivity index (χ0v) is 16.0. The van der Waals surface area contributed by atoms with E-state index in [1.807, 2.05) is 6.07 Å². The van der Waals surface area contributed by atoms with E-state index in [1.165, 1.54) is 15.8 Å². The number of hydrogen-bond acceptors (Lipinski definition) is 4. The van der Waals surface area contributed by atoms with Crippen molar-refractivity contribution in [2.24, 2.45) is 4.99 Å². The average Bonchev–Trinajstić information content (AvgIpc) is 3.10. The number of aromatic nitrogens is 1. The van der Waals surface area contributed by atoms with Crippen molar-refractivity contribution in [3.05, 3.63) is 76.0 Å². The lowest BCUT2D eigenvalue weighted by Gasteiger charge is -2.12. The van der Waals surface area contributed by atoms with E-state index < -0.39 is 5.82 Å². The fraction of sp³-hybridized carbons (Fsp3) is 0.200. The van der Waals surface area contributed by atoms with Crippen LogP contribution in [0.25, 0.3) is 0 Å². The number of pyridine rings is 1. The summed E-state index contributed by atoms with van der Waals surface area (Å²) in [5, 5.41) is 6.44. The van der Waals surface area contributed by atoms with Crippen molar-refractivity contribution in [1.82, 2.24) is 15.6 Å². The van der Waals surface area contributed by atoms with Gasteiger partial charge in [-0.3, -0.25) is 9.98 Å². The molecule has 2 aromatic heterocycles. The summed E-state index contributed by atoms with van der Waals surface area (Å²) in [7, 11) is 1.71. The molecule has 0 aliphatic rings. The van der Waals surface area contributed by atoms with Gasteiger partial charge in [0.05, 0.1) is 12.7 Å². The molecule has 0 unspecified atom stereocenters. The monoisotopic (exact) mass is 384 g/mol. The van der Waals surface area contributed by atoms with Crippen LogP contribution in [0.15, 0.2) is 59.9 Å². The fourth-order valence-electron chi connectivity index (χ4n) is 2.43. The van der Waals surface area contributed by atoms with E-state index in [-0.39, 0.29) is 5.75 Å². The topological polar surface area (TPSA) is 58.5 Å². The molecular weight excluding hydrogens is 363 g/mol. The number of hydrogen-bond donors (Lipinski definition) is 2. The van der Waals surface area contributed by atoms with Gasteiger partial charge >= 0.3 is 0 Å². The number of ether oxygens (including phenoxy) is 1. The first-order valence-corrected chi connectivity index (χ1v) is 9.32. The third-order valence-electron chi connectivity index (χ3n) is 3.77. The van der Waals surface area contributed by atoms with Gasteiger partial charge in [0.2, 0.25) is 0 Å². The molecule has 2 heterocycles. The molecule has 3 rings (SSSR count). The molecule has 0 atom stereocenters. The van der Waals surface area contributed by atoms with Crippen molar-refractivity contribution in [1.29, 1.82) is 0 Å². The van der Waals surface area contributed by atoms with Crippen molar-refractivity contribution in [2.45, 2.75) is 20.0 Å². The number of benzene rings is 1. The van der Waals surface area contributed by atoms with E-state index in [9.17, 15) is 4.39 Å². The van der Waals surface area contributed by atoms with Crippen LogP contribution < -0.4 is 15.4 Å². The predicted molar refractivity (Wildman–Crippen MR) is 107 cm³/mol. The minimum Gasteiger partial charge on any atom is -0.453 e. The summed E-state index contributed by atoms with van der Waals surface area (Å²) in [6.07, 6.45) is 3.18. The van der Waals surface area contributed by atoms with E-state index >= 15 is 0 Å². The molecule has 3 aromatic rings. The normalized spacial score (nSPS) is 11.3. The Morgan fingerprint density at radius 3 is 2.70 bits per heavy atom. The molecule has 2 N–H and O–H groups in total. The standard InChI is InChI=1S/C20H21FN4OS/c1-14-5-7-17(27-14)13-25-20(22-2)24-11-15-6-8-19(18(21)10-15)26-16-4-3-9-23-12-16/h3-10,12H,11,13H2,1-2H3,(H2,22,24,25). The van der Waals surface area contributed by atoms with Crippen LogP contribution >= 0.6 is 11.3 Å². The second kappa shape index (κ2) is 9.14. The molecule has 0 aliphatic heterocycles. The minimum atomic E-state index is -0.421. The zero-order valence-electron chi connectivity index (χ0n) is 15.2. The lowest BCUT2D eigenvalue weighted by Crippen LogP contribution is -2.36. The Morgan fingerprint density at radius 2 is 2.04 bits per heavy atom. The Labute approximate surface area is 162 Å². The van der Waals surface area contributed by atoms with Crippen molar-refractivity contribution < 1.29 is 9.13 Å². The van der Waals surface area contributed by atoms with Gasteiger partial charge in [0, 0.05) is 29.5 Å². The zero-order chi connectivity index (χ0) is 19.1. The number of aryl methyl sites for hydroxylation is 1. The van der Waals surface area contributed by atoms with Crippen LogP contribution in [0.5, 0.6) is 11.5 Å². The molecule has 0 fully saturated rings. The summed E-state index contributed by atoms with van der Waals surface area (Å²) in [4.78, 5) is 10.7. The summed E-state index contributed by atoms with van der Waals surface area (Å²) >= 11 is 1.75. The maximum absolute atomic E-state index is 14.3. The molecule has 7 heteroatoms. The molecule has 0 aliphatic carbocycles. The molecule has 0 radical (unpaired) electrons. The second-order valence-corrected chi connectivity index (χ2v) is 7.22. The van der Waals surface area contributed by atoms with Crippen LogP contribution in [-0.2, 0) is 13.1 Å². The third-order valence-corrected chi connectivity index (χ3v) is 4.77. The Balaban J connectivity index is 1.54. The molecule has 0 spiro atoms. The Bertz CT molecular complexity index is 911. The summed E-state index contributed by atoms with van der Waals surface area (Å²) in [6.45, 7) is 3.23. The van der Waals surface area contributed by atoms with Gasteiger partial charge in [-0.05, 0) is 48.9 Å². The van der Waals surface area contributed by atoms with Crippen LogP contribution in [0.3, 0.4) is 0 Å². The molecular formula is C20H21FN4OS. The lowest BCUT2D eigenvalue weighted by molar-refractivity contribution is 0.440. The van der Waals surface area contributed by atoms with Crippen LogP contribution in [0, 0.1) is 12.7 Å². The maximum Gasteiger partial charge on any atom is 0.191 e. The third kappa shape index (κ3) is 5.52. The summed E-state index contributed by atoms with van der Waals surface area (Å²) in [5.74, 6) is 0.908. The smallest absolute Gasteiger partial charge is 0.191 e. The molecule has 27 heavy (non-hydrogen) atoms. The number of aliphatic imine (C=N–C) groups is 1. The highest BCUT2D eigenvalue weighted by molar-refractivity contribution is 7.11. The van der Waals surface area contributed by atoms with Crippen LogP contribution in [0.4, 0.5) is 4.39 Å². The lowest BCUT2D eigenvalue weighted by atomic mass is 10.2. The fourth-order valence-corrected chi connectivity index (χ4v) is 3.26. The predicted octanol–water partition coefficient (Wildman–Crippen LogP) is 4.25. The van der Waals surface area contributed by atoms with E-state index in [1.54, 1.807) is 49.0 Å². The van der Waals surface area contributed by atoms with E-state index in [2.05, 4.69) is 39.7 Å². The number of halogens is 1. The number of guanidine groups is 1. The first-order chi connectivity index (χ1) is 13.1. The molecule has 140 valence electrons. The van der Waals surface area contributed by atoms with E-state index in [0.29, 0.717) is 24.8 Å². The van der Waals surface area contributed by atoms with E-state index in [0.717, 1.165) is 5.56 Å². The Kier molecular flexibility index (Phi) is 6.38. The maximum atomic E-state index is 14.3. The highest BCUT2D eigenvalue weighted by Crippen LogP contribution is 2.24. The van der Waals surface area contributed by atoms with Crippen molar-refractivity contribution in [3.63, 3.8) is 0 Å². The van der Waals surface area contributed by atoms with Crippen molar-refractivity contribution in [3.8, 4) is 11.5 Å². The summed E-state index contributed by atoms with van der Waals surface area (Å²) < 4.78 is 19.8. The molecule has 1 aromatic carbocycles. The largest absolute Gasteiger partial charge is 0.453 e. The number of nitrogens with zero attached hydrogens (tertiary/aromatic N) is 2. The summed E-state index contributed by atoms with van der Waals surface area (Å²) in [6, 6.07) is 12.5. The second-order valence-electron chi connectivity index (χ2n) is 5.85. The minimum absolute atomic E-state index is 0.169. The number of thiophene rings is 1. The highest BCUT2D eigenvalue weighted by Gasteiger charge is 2.07. The SMILES string of the molecule is CN=C(NCc1ccc(Oc2cccnc2)c(F)c1)NCc1ccc(C)s1. The number of rotatable bonds is 6. The molecule has 0 saturated carbocycles. The molecule has 5 nitrogen and oxygen atoms in total. The van der Waals surface area contributed by atoms with Gasteiger partial charge in [0.25, 0.3) is 0 Å². The van der Waals surface area contributed by atoms with Crippen molar-refractivity contribution in [2.75, 3.05) is 7.05 Å². The van der Waals surface area contributed by atoms with Crippen LogP contribution in [0.2, 0.25) is 0 Å². The van der Waals surface area contributed by atoms with Gasteiger partial charge in [-0.25, -0.2) is 4.39 Å². The molecule has 0 bridgehead atoms. The molecule has 0 amide bonds. The van der Waals surface area contributed by atoms with Gasteiger partial charge < -0.3 is 15.4 Å². The van der Waals surface area contributed by atoms with Crippen molar-refractivity contribution >= 4 is 17.3 Å². The average molecular weight is 384 g/mol. The van der Waals surface area contributed by atoms with Gasteiger partial charge in [-0.15, -0.1) is 11.3 Å². The van der Waals surface area contributed by atoms with Crippen LogP contribution in [-0.4, -0.2) is 18.0 Å². The first-order valence-electron chi connectivity index (χ1n) is 8.50. The van der Waals surface area contributed by atoms with Gasteiger partial charge in [0.15, 0.2) is 17.5 Å². The van der Waals surface area contributed by atoms with Crippen LogP contribution in [0.1, 0.15) is 15.3 Å².